The van der Waals surface area contributed by atoms with Gasteiger partial charge in [-0.1, -0.05) is 11.6 Å². The van der Waals surface area contributed by atoms with Crippen LogP contribution in [0.5, 0.6) is 5.75 Å². The number of hydrogen-bond donors (Lipinski definition) is 0. The van der Waals surface area contributed by atoms with E-state index in [-0.39, 0.29) is 0 Å². The first-order chi connectivity index (χ1) is 9.97. The third kappa shape index (κ3) is 4.60. The van der Waals surface area contributed by atoms with E-state index in [9.17, 15) is 0 Å². The summed E-state index contributed by atoms with van der Waals surface area (Å²) < 4.78 is 11.6. The molecule has 0 aliphatic carbocycles. The van der Waals surface area contributed by atoms with Crippen molar-refractivity contribution in [1.29, 1.82) is 0 Å². The Labute approximate surface area is 133 Å². The lowest BCUT2D eigenvalue weighted by atomic mass is 10.1. The molecule has 0 unspecified atom stereocenters. The average Bonchev–Trinajstić information content (AvgIpc) is 2.42. The van der Waals surface area contributed by atoms with Crippen molar-refractivity contribution in [3.63, 3.8) is 0 Å². The molecule has 3 nitrogen and oxygen atoms in total. The Morgan fingerprint density at radius 2 is 1.86 bits per heavy atom. The van der Waals surface area contributed by atoms with Crippen LogP contribution in [0.25, 0.3) is 0 Å². The summed E-state index contributed by atoms with van der Waals surface area (Å²) in [5.41, 5.74) is 2.24. The Morgan fingerprint density at radius 1 is 1.19 bits per heavy atom. The predicted molar refractivity (Wildman–Crippen MR) is 87.5 cm³/mol. The van der Waals surface area contributed by atoms with Crippen molar-refractivity contribution in [3.05, 3.63) is 28.3 Å². The van der Waals surface area contributed by atoms with Gasteiger partial charge in [0, 0.05) is 24.7 Å². The highest BCUT2D eigenvalue weighted by Gasteiger charge is 2.21. The highest BCUT2D eigenvalue weighted by Crippen LogP contribution is 2.27. The zero-order valence-electron chi connectivity index (χ0n) is 13.5. The quantitative estimate of drug-likeness (QED) is 0.771. The molecule has 1 aliphatic heterocycles. The van der Waals surface area contributed by atoms with Gasteiger partial charge < -0.3 is 9.47 Å². The Bertz CT molecular complexity index is 468. The Morgan fingerprint density at radius 3 is 2.52 bits per heavy atom. The maximum atomic E-state index is 6.10. The fourth-order valence-electron chi connectivity index (χ4n) is 2.86. The zero-order chi connectivity index (χ0) is 15.4. The van der Waals surface area contributed by atoms with Gasteiger partial charge in [-0.2, -0.15) is 0 Å². The molecule has 0 N–H and O–H groups in total. The van der Waals surface area contributed by atoms with E-state index in [1.54, 1.807) is 0 Å². The van der Waals surface area contributed by atoms with Crippen LogP contribution in [-0.4, -0.2) is 43.3 Å². The number of rotatable bonds is 5. The van der Waals surface area contributed by atoms with E-state index in [4.69, 9.17) is 21.1 Å². The first-order valence-electron chi connectivity index (χ1n) is 7.73. The molecule has 0 bridgehead atoms. The summed E-state index contributed by atoms with van der Waals surface area (Å²) in [4.78, 5) is 2.46. The highest BCUT2D eigenvalue weighted by atomic mass is 35.5. The van der Waals surface area contributed by atoms with E-state index in [1.807, 2.05) is 19.1 Å². The summed E-state index contributed by atoms with van der Waals surface area (Å²) in [6.45, 7) is 12.2. The summed E-state index contributed by atoms with van der Waals surface area (Å²) in [7, 11) is 0. The summed E-state index contributed by atoms with van der Waals surface area (Å²) in [5, 5.41) is 0.802. The maximum absolute atomic E-state index is 6.10. The lowest BCUT2D eigenvalue weighted by Crippen LogP contribution is -2.45. The molecule has 2 atom stereocenters. The lowest BCUT2D eigenvalue weighted by molar-refractivity contribution is -0.0686. The third-order valence-corrected chi connectivity index (χ3v) is 4.45. The second-order valence-corrected chi connectivity index (χ2v) is 6.42. The number of nitrogens with zero attached hydrogens (tertiary/aromatic N) is 1. The fourth-order valence-corrected chi connectivity index (χ4v) is 3.06. The second-order valence-electron chi connectivity index (χ2n) is 6.01. The monoisotopic (exact) mass is 311 g/mol. The van der Waals surface area contributed by atoms with Crippen molar-refractivity contribution in [1.82, 2.24) is 4.90 Å². The number of halogens is 1. The first kappa shape index (κ1) is 16.6. The number of morpholine rings is 1. The van der Waals surface area contributed by atoms with Gasteiger partial charge in [0.25, 0.3) is 0 Å². The van der Waals surface area contributed by atoms with Gasteiger partial charge in [-0.15, -0.1) is 0 Å². The molecule has 1 heterocycles. The van der Waals surface area contributed by atoms with Crippen LogP contribution in [0, 0.1) is 13.8 Å². The van der Waals surface area contributed by atoms with E-state index in [0.29, 0.717) is 12.2 Å². The smallest absolute Gasteiger partial charge is 0.122 e. The zero-order valence-corrected chi connectivity index (χ0v) is 14.2. The normalized spacial score (nSPS) is 23.3. The molecule has 21 heavy (non-hydrogen) atoms. The van der Waals surface area contributed by atoms with Crippen LogP contribution in [0.4, 0.5) is 0 Å². The van der Waals surface area contributed by atoms with E-state index >= 15 is 0 Å². The molecule has 2 rings (SSSR count). The molecule has 0 radical (unpaired) electrons. The van der Waals surface area contributed by atoms with Gasteiger partial charge in [-0.25, -0.2) is 0 Å². The van der Waals surface area contributed by atoms with E-state index in [0.717, 1.165) is 54.6 Å². The molecule has 1 aliphatic rings. The van der Waals surface area contributed by atoms with Crippen molar-refractivity contribution in [3.8, 4) is 5.75 Å². The van der Waals surface area contributed by atoms with Gasteiger partial charge >= 0.3 is 0 Å². The SMILES string of the molecule is Cc1c(Cl)ccc(OCCCN2C[C@@H](C)O[C@H](C)C2)c1C. The molecule has 0 saturated carbocycles. The van der Waals surface area contributed by atoms with Crippen LogP contribution in [-0.2, 0) is 4.74 Å². The molecule has 0 spiro atoms. The van der Waals surface area contributed by atoms with Gasteiger partial charge in [0.2, 0.25) is 0 Å². The summed E-state index contributed by atoms with van der Waals surface area (Å²) in [6, 6.07) is 3.87. The molecule has 1 aromatic rings. The van der Waals surface area contributed by atoms with Crippen molar-refractivity contribution in [2.24, 2.45) is 0 Å². The fraction of sp³-hybridized carbons (Fsp3) is 0.647. The van der Waals surface area contributed by atoms with Crippen LogP contribution < -0.4 is 4.74 Å². The van der Waals surface area contributed by atoms with Crippen molar-refractivity contribution < 1.29 is 9.47 Å². The van der Waals surface area contributed by atoms with Crippen molar-refractivity contribution in [2.75, 3.05) is 26.2 Å². The minimum atomic E-state index is 0.329. The second kappa shape index (κ2) is 7.48. The molecule has 1 saturated heterocycles. The van der Waals surface area contributed by atoms with E-state index in [1.165, 1.54) is 0 Å². The van der Waals surface area contributed by atoms with Crippen LogP contribution in [0.15, 0.2) is 12.1 Å². The number of hydrogen-bond acceptors (Lipinski definition) is 3. The largest absolute Gasteiger partial charge is 0.493 e. The van der Waals surface area contributed by atoms with Crippen LogP contribution in [0.3, 0.4) is 0 Å². The standard InChI is InChI=1S/C17H26ClNO2/c1-12-10-19(11-13(2)21-12)8-5-9-20-17-7-6-16(18)14(3)15(17)4/h6-7,12-13H,5,8-11H2,1-4H3/t12-,13-/m1/s1. The molecule has 118 valence electrons. The van der Waals surface area contributed by atoms with Gasteiger partial charge in [0.15, 0.2) is 0 Å². The Balaban J connectivity index is 1.76. The summed E-state index contributed by atoms with van der Waals surface area (Å²) in [5.74, 6) is 0.945. The van der Waals surface area contributed by atoms with Gasteiger partial charge in [-0.3, -0.25) is 4.90 Å². The first-order valence-corrected chi connectivity index (χ1v) is 8.11. The molecule has 1 aromatic carbocycles. The Hall–Kier alpha value is -0.770. The molecule has 0 aromatic heterocycles. The molecular weight excluding hydrogens is 286 g/mol. The van der Waals surface area contributed by atoms with Crippen LogP contribution >= 0.6 is 11.6 Å². The maximum Gasteiger partial charge on any atom is 0.122 e. The topological polar surface area (TPSA) is 21.7 Å². The van der Waals surface area contributed by atoms with Gasteiger partial charge in [0.1, 0.15) is 5.75 Å². The van der Waals surface area contributed by atoms with Gasteiger partial charge in [-0.05, 0) is 57.4 Å². The lowest BCUT2D eigenvalue weighted by Gasteiger charge is -2.35. The average molecular weight is 312 g/mol. The molecule has 0 amide bonds. The molecule has 1 fully saturated rings. The summed E-state index contributed by atoms with van der Waals surface area (Å²) in [6.07, 6.45) is 1.69. The van der Waals surface area contributed by atoms with Crippen LogP contribution in [0.1, 0.15) is 31.4 Å². The predicted octanol–water partition coefficient (Wildman–Crippen LogP) is 3.83. The molecule has 4 heteroatoms. The molecular formula is C17H26ClNO2. The van der Waals surface area contributed by atoms with Crippen LogP contribution in [0.2, 0.25) is 5.02 Å². The van der Waals surface area contributed by atoms with E-state index < -0.39 is 0 Å². The summed E-state index contributed by atoms with van der Waals surface area (Å²) >= 11 is 6.10. The van der Waals surface area contributed by atoms with Crippen molar-refractivity contribution in [2.45, 2.75) is 46.3 Å². The third-order valence-electron chi connectivity index (χ3n) is 4.04. The van der Waals surface area contributed by atoms with Crippen molar-refractivity contribution >= 4 is 11.6 Å². The number of benzene rings is 1. The van der Waals surface area contributed by atoms with E-state index in [2.05, 4.69) is 25.7 Å². The number of ether oxygens (including phenoxy) is 2. The van der Waals surface area contributed by atoms with Gasteiger partial charge in [0.05, 0.1) is 18.8 Å². The highest BCUT2D eigenvalue weighted by molar-refractivity contribution is 6.31. The minimum absolute atomic E-state index is 0.329. The Kier molecular flexibility index (Phi) is 5.91. The minimum Gasteiger partial charge on any atom is -0.493 e.